The summed E-state index contributed by atoms with van der Waals surface area (Å²) in [6, 6.07) is 9.36. The number of halogens is 2. The van der Waals surface area contributed by atoms with Gasteiger partial charge >= 0.3 is 0 Å². The molecule has 2 amide bonds. The van der Waals surface area contributed by atoms with Crippen LogP contribution >= 0.6 is 0 Å². The molecule has 2 aliphatic heterocycles. The SMILES string of the molecule is CC1=NN=C(/C=C/c2ccc(CO)c(-c3c4cc(F)c(=O)cc-4oc4cc(O)c(F)cc34)c2)C2C(CNC(=O)CCCC(=O)NCCO)C12C. The van der Waals surface area contributed by atoms with E-state index in [1.807, 2.05) is 19.1 Å². The molecule has 1 fully saturated rings. The van der Waals surface area contributed by atoms with Crippen molar-refractivity contribution < 1.29 is 38.1 Å². The van der Waals surface area contributed by atoms with Gasteiger partial charge in [0.05, 0.1) is 18.9 Å². The maximum atomic E-state index is 14.7. The fourth-order valence-electron chi connectivity index (χ4n) is 6.82. The number of nitrogens with one attached hydrogen (secondary N) is 2. The van der Waals surface area contributed by atoms with Crippen molar-refractivity contribution in [3.8, 4) is 28.2 Å². The van der Waals surface area contributed by atoms with E-state index in [9.17, 15) is 33.4 Å². The Morgan fingerprint density at radius 1 is 0.980 bits per heavy atom. The van der Waals surface area contributed by atoms with Crippen LogP contribution in [0.5, 0.6) is 5.75 Å². The number of aromatic hydroxyl groups is 1. The Bertz CT molecular complexity index is 2120. The summed E-state index contributed by atoms with van der Waals surface area (Å²) in [6.07, 6.45) is 4.42. The maximum Gasteiger partial charge on any atom is 0.220 e. The van der Waals surface area contributed by atoms with Crippen LogP contribution in [0.1, 0.15) is 44.2 Å². The van der Waals surface area contributed by atoms with Crippen molar-refractivity contribution in [2.75, 3.05) is 19.7 Å². The number of phenols is 1. The number of rotatable bonds is 12. The van der Waals surface area contributed by atoms with E-state index in [0.717, 1.165) is 30.0 Å². The number of hydrogen-bond donors (Lipinski definition) is 5. The molecule has 2 heterocycles. The van der Waals surface area contributed by atoms with Gasteiger partial charge in [0.25, 0.3) is 0 Å². The number of carbonyl (C=O) groups is 2. The highest BCUT2D eigenvalue weighted by Gasteiger charge is 2.65. The van der Waals surface area contributed by atoms with Gasteiger partial charge in [0.2, 0.25) is 17.2 Å². The third-order valence-electron chi connectivity index (χ3n) is 9.75. The highest BCUT2D eigenvalue weighted by molar-refractivity contribution is 6.11. The van der Waals surface area contributed by atoms with Crippen molar-refractivity contribution in [2.45, 2.75) is 39.7 Å². The van der Waals surface area contributed by atoms with Crippen molar-refractivity contribution in [3.05, 3.63) is 81.5 Å². The lowest BCUT2D eigenvalue weighted by Gasteiger charge is -2.18. The van der Waals surface area contributed by atoms with Gasteiger partial charge in [-0.3, -0.25) is 14.4 Å². The number of amides is 2. The number of carbonyl (C=O) groups excluding carboxylic acids is 2. The molecule has 1 saturated carbocycles. The maximum absolute atomic E-state index is 14.7. The molecule has 2 aromatic rings. The summed E-state index contributed by atoms with van der Waals surface area (Å²) in [7, 11) is 0. The minimum atomic E-state index is -1.03. The van der Waals surface area contributed by atoms with E-state index in [2.05, 4.69) is 27.8 Å². The smallest absolute Gasteiger partial charge is 0.220 e. The van der Waals surface area contributed by atoms with Crippen molar-refractivity contribution in [1.82, 2.24) is 10.6 Å². The Balaban J connectivity index is 1.26. The molecule has 11 nitrogen and oxygen atoms in total. The number of aliphatic hydroxyl groups is 2. The first-order valence-electron chi connectivity index (χ1n) is 16.2. The monoisotopic (exact) mass is 686 g/mol. The van der Waals surface area contributed by atoms with Crippen LogP contribution in [0.15, 0.2) is 68.0 Å². The van der Waals surface area contributed by atoms with Crippen LogP contribution in [0.2, 0.25) is 0 Å². The molecule has 3 unspecified atom stereocenters. The Kier molecular flexibility index (Phi) is 9.63. The number of phenolic OH excluding ortho intramolecular Hbond substituents is 1. The zero-order valence-corrected chi connectivity index (χ0v) is 27.4. The zero-order valence-electron chi connectivity index (χ0n) is 27.4. The van der Waals surface area contributed by atoms with Gasteiger partial charge in [0, 0.05) is 71.6 Å². The van der Waals surface area contributed by atoms with E-state index >= 15 is 0 Å². The van der Waals surface area contributed by atoms with Gasteiger partial charge in [-0.05, 0) is 60.2 Å². The summed E-state index contributed by atoms with van der Waals surface area (Å²) < 4.78 is 35.1. The molecule has 0 spiro atoms. The predicted molar refractivity (Wildman–Crippen MR) is 184 cm³/mol. The second kappa shape index (κ2) is 13.9. The molecule has 0 saturated heterocycles. The van der Waals surface area contributed by atoms with E-state index in [-0.39, 0.29) is 77.4 Å². The van der Waals surface area contributed by atoms with E-state index in [0.29, 0.717) is 40.9 Å². The van der Waals surface area contributed by atoms with Crippen LogP contribution in [-0.4, -0.2) is 58.3 Å². The van der Waals surface area contributed by atoms with Crippen LogP contribution in [0.4, 0.5) is 8.78 Å². The summed E-state index contributed by atoms with van der Waals surface area (Å²) in [4.78, 5) is 36.4. The van der Waals surface area contributed by atoms with Crippen LogP contribution in [0, 0.1) is 28.9 Å². The molecule has 13 heteroatoms. The van der Waals surface area contributed by atoms with Gasteiger partial charge in [-0.15, -0.1) is 0 Å². The molecule has 5 N–H and O–H groups in total. The van der Waals surface area contributed by atoms with Gasteiger partial charge in [-0.1, -0.05) is 25.1 Å². The van der Waals surface area contributed by atoms with Gasteiger partial charge in [0.1, 0.15) is 11.3 Å². The lowest BCUT2D eigenvalue weighted by atomic mass is 9.89. The molecule has 6 rings (SSSR count). The third-order valence-corrected chi connectivity index (χ3v) is 9.75. The van der Waals surface area contributed by atoms with Crippen LogP contribution in [0.25, 0.3) is 39.5 Å². The largest absolute Gasteiger partial charge is 0.505 e. The van der Waals surface area contributed by atoms with Crippen molar-refractivity contribution in [1.29, 1.82) is 0 Å². The minimum absolute atomic E-state index is 0.0134. The molecule has 4 aliphatic rings. The standard InChI is InChI=1S/C37H36F2N4O7/c1-19-37(2)25(17-41-34(49)5-3-4-33(48)40-10-11-44)36(37)28(43-42-19)9-7-20-6-8-21(18-45)22(12-20)35-23-13-26(38)29(46)15-31(23)50-32-16-30(47)27(39)14-24(32)35/h6-9,12-16,25,36,44-46H,3-5,10-11,17-18H2,1-2H3,(H,40,48)(H,41,49)/b9-7+. The van der Waals surface area contributed by atoms with Crippen LogP contribution in [0.3, 0.4) is 0 Å². The minimum Gasteiger partial charge on any atom is -0.505 e. The normalized spacial score (nSPS) is 19.7. The molecule has 50 heavy (non-hydrogen) atoms. The highest BCUT2D eigenvalue weighted by Crippen LogP contribution is 2.61. The molecule has 2 aromatic carbocycles. The molecule has 2 aliphatic carbocycles. The van der Waals surface area contributed by atoms with Crippen LogP contribution in [-0.2, 0) is 16.2 Å². The van der Waals surface area contributed by atoms with E-state index in [4.69, 9.17) is 9.52 Å². The lowest BCUT2D eigenvalue weighted by Crippen LogP contribution is -2.29. The quantitative estimate of drug-likeness (QED) is 0.136. The molecule has 3 atom stereocenters. The van der Waals surface area contributed by atoms with Gasteiger partial charge < -0.3 is 30.4 Å². The summed E-state index contributed by atoms with van der Waals surface area (Å²) in [5.41, 5.74) is 2.46. The molecule has 260 valence electrons. The van der Waals surface area contributed by atoms with Crippen molar-refractivity contribution in [2.24, 2.45) is 27.5 Å². The Labute approximate surface area is 285 Å². The highest BCUT2D eigenvalue weighted by atomic mass is 19.1. The van der Waals surface area contributed by atoms with E-state index in [1.54, 1.807) is 18.2 Å². The molecular formula is C37H36F2N4O7. The van der Waals surface area contributed by atoms with E-state index in [1.165, 1.54) is 0 Å². The van der Waals surface area contributed by atoms with Gasteiger partial charge in [0.15, 0.2) is 17.4 Å². The average molecular weight is 687 g/mol. The summed E-state index contributed by atoms with van der Waals surface area (Å²) in [6.45, 7) is 4.02. The topological polar surface area (TPSA) is 174 Å². The number of hydrogen-bond acceptors (Lipinski definition) is 9. The van der Waals surface area contributed by atoms with Crippen LogP contribution < -0.4 is 16.1 Å². The lowest BCUT2D eigenvalue weighted by molar-refractivity contribution is -0.122. The molecule has 0 bridgehead atoms. The Morgan fingerprint density at radius 2 is 1.74 bits per heavy atom. The predicted octanol–water partition coefficient (Wildman–Crippen LogP) is 4.53. The molecule has 0 radical (unpaired) electrons. The second-order valence-electron chi connectivity index (χ2n) is 12.8. The number of fused-ring (bicyclic) bond motifs is 3. The summed E-state index contributed by atoms with van der Waals surface area (Å²) in [5, 5.41) is 43.7. The molecule has 0 aromatic heterocycles. The summed E-state index contributed by atoms with van der Waals surface area (Å²) >= 11 is 0. The van der Waals surface area contributed by atoms with Gasteiger partial charge in [-0.25, -0.2) is 8.78 Å². The van der Waals surface area contributed by atoms with Crippen molar-refractivity contribution in [3.63, 3.8) is 0 Å². The number of allylic oxidation sites excluding steroid dienone is 1. The van der Waals surface area contributed by atoms with Crippen molar-refractivity contribution >= 4 is 40.3 Å². The first kappa shape index (κ1) is 34.6. The first-order chi connectivity index (χ1) is 24.0. The van der Waals surface area contributed by atoms with E-state index < -0.39 is 29.4 Å². The fourth-order valence-corrected chi connectivity index (χ4v) is 6.82. The number of nitrogens with zero attached hydrogens (tertiary/aromatic N) is 2. The zero-order chi connectivity index (χ0) is 35.7. The first-order valence-corrected chi connectivity index (χ1v) is 16.2. The fraction of sp³-hybridized carbons (Fsp3) is 0.324. The average Bonchev–Trinajstić information content (AvgIpc) is 3.72. The summed E-state index contributed by atoms with van der Waals surface area (Å²) in [5.74, 6) is -2.95. The second-order valence-corrected chi connectivity index (χ2v) is 12.8. The van der Waals surface area contributed by atoms with Gasteiger partial charge in [-0.2, -0.15) is 10.2 Å². The molecular weight excluding hydrogens is 650 g/mol. The Hall–Kier alpha value is -5.27. The Morgan fingerprint density at radius 3 is 2.48 bits per heavy atom. The third kappa shape index (κ3) is 6.53. The number of benzene rings is 3. The number of aliphatic hydroxyl groups excluding tert-OH is 2.